The Morgan fingerprint density at radius 1 is 0.951 bits per heavy atom. The number of nitrogens with zero attached hydrogens (tertiary/aromatic N) is 2. The highest BCUT2D eigenvalue weighted by Gasteiger charge is 2.43. The Bertz CT molecular complexity index is 1310. The van der Waals surface area contributed by atoms with Gasteiger partial charge in [0.2, 0.25) is 0 Å². The zero-order valence-corrected chi connectivity index (χ0v) is 23.3. The number of anilines is 2. The van der Waals surface area contributed by atoms with Gasteiger partial charge in [0.1, 0.15) is 5.82 Å². The minimum Gasteiger partial charge on any atom is -0.382 e. The number of piperidine rings is 1. The topological polar surface area (TPSA) is 117 Å². The summed E-state index contributed by atoms with van der Waals surface area (Å²) < 4.78 is 39.3. The second-order valence-corrected chi connectivity index (χ2v) is 11.7. The van der Waals surface area contributed by atoms with Crippen molar-refractivity contribution in [3.05, 3.63) is 52.7 Å². The molecular weight excluding hydrogens is 535 g/mol. The first kappa shape index (κ1) is 28.9. The molecule has 2 aromatic rings. The molecule has 4 N–H and O–H groups in total. The Morgan fingerprint density at radius 3 is 2.15 bits per heavy atom. The van der Waals surface area contributed by atoms with E-state index in [-0.39, 0.29) is 54.3 Å². The molecule has 1 aliphatic carbocycles. The number of aryl methyl sites for hydroxylation is 1. The van der Waals surface area contributed by atoms with Crippen molar-refractivity contribution >= 4 is 29.1 Å². The number of alkyl halides is 3. The molecule has 3 heterocycles. The van der Waals surface area contributed by atoms with Crippen molar-refractivity contribution in [1.29, 1.82) is 0 Å². The van der Waals surface area contributed by atoms with Gasteiger partial charge in [0.15, 0.2) is 5.78 Å². The number of halogens is 3. The number of fused-ring (bicyclic) bond motifs is 2. The number of hydrogen-bond acceptors (Lipinski definition) is 6. The van der Waals surface area contributed by atoms with Gasteiger partial charge in [0.25, 0.3) is 11.8 Å². The van der Waals surface area contributed by atoms with Gasteiger partial charge in [-0.3, -0.25) is 14.4 Å². The van der Waals surface area contributed by atoms with E-state index >= 15 is 0 Å². The maximum atomic E-state index is 13.5. The van der Waals surface area contributed by atoms with Gasteiger partial charge < -0.3 is 21.3 Å². The third-order valence-corrected chi connectivity index (χ3v) is 8.91. The molecule has 2 saturated heterocycles. The first-order chi connectivity index (χ1) is 19.4. The summed E-state index contributed by atoms with van der Waals surface area (Å²) in [7, 11) is 0. The van der Waals surface area contributed by atoms with Gasteiger partial charge in [-0.05, 0) is 95.0 Å². The largest absolute Gasteiger partial charge is 0.391 e. The Kier molecular flexibility index (Phi) is 7.98. The van der Waals surface area contributed by atoms with Crippen LogP contribution in [0.15, 0.2) is 30.5 Å². The Labute approximate surface area is 237 Å². The smallest absolute Gasteiger partial charge is 0.382 e. The Hall–Kier alpha value is -3.63. The molecule has 11 heteroatoms. The molecule has 8 nitrogen and oxygen atoms in total. The van der Waals surface area contributed by atoms with Crippen LogP contribution in [0.5, 0.6) is 0 Å². The molecule has 2 bridgehead atoms. The van der Waals surface area contributed by atoms with Gasteiger partial charge in [-0.2, -0.15) is 13.2 Å². The average Bonchev–Trinajstić information content (AvgIpc) is 3.19. The van der Waals surface area contributed by atoms with Gasteiger partial charge in [-0.15, -0.1) is 0 Å². The van der Waals surface area contributed by atoms with Crippen LogP contribution >= 0.6 is 0 Å². The van der Waals surface area contributed by atoms with E-state index in [0.717, 1.165) is 31.5 Å². The summed E-state index contributed by atoms with van der Waals surface area (Å²) >= 11 is 0. The van der Waals surface area contributed by atoms with E-state index in [4.69, 9.17) is 5.73 Å². The molecule has 0 radical (unpaired) electrons. The van der Waals surface area contributed by atoms with Crippen LogP contribution in [0.3, 0.4) is 0 Å². The summed E-state index contributed by atoms with van der Waals surface area (Å²) in [6.07, 6.45) is 1.55. The van der Waals surface area contributed by atoms with Crippen molar-refractivity contribution in [2.45, 2.75) is 95.6 Å². The fourth-order valence-electron chi connectivity index (χ4n) is 6.74. The SMILES string of the molecule is CC(=O)c1ccc(N2[C@@H]3CC[C@H]2C[C@@H](NC(=O)c2cc(NC4CCC(C(F)(F)F)CC4)c(C(N)=O)cc2C)C3)nc1. The summed E-state index contributed by atoms with van der Waals surface area (Å²) in [5.74, 6) is -1.43. The van der Waals surface area contributed by atoms with Crippen LogP contribution in [-0.4, -0.2) is 52.9 Å². The van der Waals surface area contributed by atoms with Crippen LogP contribution < -0.4 is 21.3 Å². The van der Waals surface area contributed by atoms with Gasteiger partial charge in [-0.25, -0.2) is 4.98 Å². The number of nitrogens with one attached hydrogen (secondary N) is 2. The number of nitrogens with two attached hydrogens (primary N) is 1. The number of carbonyl (C=O) groups excluding carboxylic acids is 3. The molecule has 1 saturated carbocycles. The lowest BCUT2D eigenvalue weighted by molar-refractivity contribution is -0.182. The number of primary amides is 1. The maximum Gasteiger partial charge on any atom is 0.391 e. The number of benzene rings is 1. The molecule has 5 rings (SSSR count). The van der Waals surface area contributed by atoms with Crippen LogP contribution in [-0.2, 0) is 0 Å². The van der Waals surface area contributed by atoms with Crippen molar-refractivity contribution in [1.82, 2.24) is 10.3 Å². The van der Waals surface area contributed by atoms with E-state index in [1.165, 1.54) is 6.92 Å². The average molecular weight is 572 g/mol. The fraction of sp³-hybridized carbons (Fsp3) is 0.533. The molecule has 220 valence electrons. The Morgan fingerprint density at radius 2 is 1.61 bits per heavy atom. The lowest BCUT2D eigenvalue weighted by atomic mass is 9.85. The van der Waals surface area contributed by atoms with Crippen molar-refractivity contribution in [2.75, 3.05) is 10.2 Å². The van der Waals surface area contributed by atoms with Crippen molar-refractivity contribution in [3.63, 3.8) is 0 Å². The monoisotopic (exact) mass is 571 g/mol. The number of pyridine rings is 1. The number of aromatic nitrogens is 1. The van der Waals surface area contributed by atoms with Crippen molar-refractivity contribution < 1.29 is 27.6 Å². The molecule has 3 atom stereocenters. The number of hydrogen-bond donors (Lipinski definition) is 3. The highest BCUT2D eigenvalue weighted by atomic mass is 19.4. The predicted octanol–water partition coefficient (Wildman–Crippen LogP) is 5.15. The number of amides is 2. The second-order valence-electron chi connectivity index (χ2n) is 11.7. The van der Waals surface area contributed by atoms with Gasteiger partial charge in [-0.1, -0.05) is 0 Å². The summed E-state index contributed by atoms with van der Waals surface area (Å²) in [5.41, 5.74) is 7.77. The molecule has 0 spiro atoms. The number of rotatable bonds is 7. The molecule has 0 unspecified atom stereocenters. The van der Waals surface area contributed by atoms with E-state index in [9.17, 15) is 27.6 Å². The second kappa shape index (κ2) is 11.3. The normalized spacial score (nSPS) is 26.0. The van der Waals surface area contributed by atoms with E-state index in [1.807, 2.05) is 6.07 Å². The van der Waals surface area contributed by atoms with Crippen LogP contribution in [0.25, 0.3) is 0 Å². The molecule has 2 aliphatic heterocycles. The fourth-order valence-corrected chi connectivity index (χ4v) is 6.74. The maximum absolute atomic E-state index is 13.5. The quantitative estimate of drug-likeness (QED) is 0.396. The highest BCUT2D eigenvalue weighted by Crippen LogP contribution is 2.40. The third-order valence-electron chi connectivity index (χ3n) is 8.91. The highest BCUT2D eigenvalue weighted by molar-refractivity contribution is 6.03. The van der Waals surface area contributed by atoms with E-state index in [0.29, 0.717) is 35.2 Å². The number of ketones is 1. The summed E-state index contributed by atoms with van der Waals surface area (Å²) in [6, 6.07) is 7.00. The molecular formula is C30H36F3N5O3. The first-order valence-electron chi connectivity index (χ1n) is 14.2. The summed E-state index contributed by atoms with van der Waals surface area (Å²) in [4.78, 5) is 44.1. The van der Waals surface area contributed by atoms with Gasteiger partial charge in [0.05, 0.1) is 11.5 Å². The van der Waals surface area contributed by atoms with E-state index in [1.54, 1.807) is 31.3 Å². The minimum absolute atomic E-state index is 0.0176. The molecule has 2 amide bonds. The van der Waals surface area contributed by atoms with E-state index in [2.05, 4.69) is 20.5 Å². The molecule has 1 aromatic heterocycles. The zero-order valence-electron chi connectivity index (χ0n) is 23.3. The first-order valence-corrected chi connectivity index (χ1v) is 14.2. The van der Waals surface area contributed by atoms with Crippen molar-refractivity contribution in [3.8, 4) is 0 Å². The van der Waals surface area contributed by atoms with Crippen LogP contribution in [0.1, 0.15) is 94.9 Å². The molecule has 41 heavy (non-hydrogen) atoms. The van der Waals surface area contributed by atoms with Crippen LogP contribution in [0, 0.1) is 12.8 Å². The molecule has 3 fully saturated rings. The van der Waals surface area contributed by atoms with Gasteiger partial charge in [0, 0.05) is 47.2 Å². The predicted molar refractivity (Wildman–Crippen MR) is 149 cm³/mol. The van der Waals surface area contributed by atoms with E-state index < -0.39 is 18.0 Å². The number of Topliss-reactive ketones (excluding diaryl/α,β-unsaturated/α-hetero) is 1. The van der Waals surface area contributed by atoms with Crippen molar-refractivity contribution in [2.24, 2.45) is 11.7 Å². The molecule has 3 aliphatic rings. The lowest BCUT2D eigenvalue weighted by Gasteiger charge is -2.40. The molecule has 1 aromatic carbocycles. The number of carbonyl (C=O) groups is 3. The standard InChI is InChI=1S/C30H36F3N5O3/c1-16-11-25(28(34)40)26(36-20-6-4-19(5-7-20)30(31,32)33)14-24(16)29(41)37-21-12-22-8-9-23(13-21)38(22)27-10-3-18(15-35-27)17(2)39/h3,10-11,14-15,19-23,36H,4-9,12-13H2,1-2H3,(H2,34,40)(H,37,41)/t19?,20?,21-,22+,23-. The summed E-state index contributed by atoms with van der Waals surface area (Å²) in [6.45, 7) is 3.25. The third kappa shape index (κ3) is 6.18. The summed E-state index contributed by atoms with van der Waals surface area (Å²) in [5, 5.41) is 6.38. The van der Waals surface area contributed by atoms with Crippen LogP contribution in [0.4, 0.5) is 24.7 Å². The van der Waals surface area contributed by atoms with Gasteiger partial charge >= 0.3 is 6.18 Å². The Balaban J connectivity index is 1.26. The zero-order chi connectivity index (χ0) is 29.5. The lowest BCUT2D eigenvalue weighted by Crippen LogP contribution is -2.50. The van der Waals surface area contributed by atoms with Crippen LogP contribution in [0.2, 0.25) is 0 Å². The minimum atomic E-state index is -4.20.